The molecule has 0 bridgehead atoms. The molecule has 5 atom stereocenters. The fourth-order valence-corrected chi connectivity index (χ4v) is 4.56. The number of cyclic esters (lactones) is 2. The summed E-state index contributed by atoms with van der Waals surface area (Å²) in [4.78, 5) is 40.6. The molecule has 0 unspecified atom stereocenters. The van der Waals surface area contributed by atoms with Crippen LogP contribution in [0.25, 0.3) is 0 Å². The van der Waals surface area contributed by atoms with Crippen molar-refractivity contribution in [3.05, 3.63) is 11.6 Å². The first-order valence-electron chi connectivity index (χ1n) is 10.9. The van der Waals surface area contributed by atoms with Gasteiger partial charge in [0, 0.05) is 13.1 Å². The van der Waals surface area contributed by atoms with E-state index in [4.69, 9.17) is 14.2 Å². The lowest BCUT2D eigenvalue weighted by Gasteiger charge is -2.37. The highest BCUT2D eigenvalue weighted by atomic mass is 16.6. The third-order valence-corrected chi connectivity index (χ3v) is 6.90. The van der Waals surface area contributed by atoms with Crippen LogP contribution < -0.4 is 0 Å². The van der Waals surface area contributed by atoms with Crippen molar-refractivity contribution in [2.75, 3.05) is 19.7 Å². The van der Waals surface area contributed by atoms with Crippen LogP contribution in [0.1, 0.15) is 47.5 Å². The second-order valence-electron chi connectivity index (χ2n) is 9.40. The minimum absolute atomic E-state index is 0.0712. The van der Waals surface area contributed by atoms with E-state index in [1.807, 2.05) is 6.08 Å². The summed E-state index contributed by atoms with van der Waals surface area (Å²) >= 11 is 0. The van der Waals surface area contributed by atoms with Crippen LogP contribution in [0.4, 0.5) is 0 Å². The minimum Gasteiger partial charge on any atom is -0.459 e. The number of nitrogens with zero attached hydrogens (tertiary/aromatic N) is 1. The van der Waals surface area contributed by atoms with Gasteiger partial charge in [0.15, 0.2) is 5.60 Å². The molecule has 0 spiro atoms. The second kappa shape index (κ2) is 8.52. The quantitative estimate of drug-likeness (QED) is 0.361. The van der Waals surface area contributed by atoms with E-state index in [1.54, 1.807) is 27.7 Å². The van der Waals surface area contributed by atoms with E-state index in [1.165, 1.54) is 6.92 Å². The summed E-state index contributed by atoms with van der Waals surface area (Å²) in [6, 6.07) is -0.271. The van der Waals surface area contributed by atoms with Gasteiger partial charge in [-0.1, -0.05) is 33.8 Å². The van der Waals surface area contributed by atoms with E-state index in [2.05, 4.69) is 4.90 Å². The standard InChI is InChI=1S/C22H33NO8/c1-12(2)21(27)10-17(24)30-14(5)22(28,13(3)4)20(26)29-11-15-6-8-23-9-7-16(18(15)23)31-19(21)25/h6,12-14,16,18,27-28H,7-11H2,1-5H3/t14-,16-,18+,21-,22+/m0/s1. The van der Waals surface area contributed by atoms with E-state index in [9.17, 15) is 24.6 Å². The Balaban J connectivity index is 1.98. The highest BCUT2D eigenvalue weighted by Gasteiger charge is 2.52. The predicted molar refractivity (Wildman–Crippen MR) is 109 cm³/mol. The first-order chi connectivity index (χ1) is 14.4. The van der Waals surface area contributed by atoms with Crippen molar-refractivity contribution in [1.29, 1.82) is 0 Å². The minimum atomic E-state index is -2.09. The first-order valence-corrected chi connectivity index (χ1v) is 10.9. The number of rotatable bonds is 2. The van der Waals surface area contributed by atoms with Gasteiger partial charge in [0.2, 0.25) is 5.60 Å². The maximum atomic E-state index is 13.0. The van der Waals surface area contributed by atoms with E-state index < -0.39 is 59.6 Å². The van der Waals surface area contributed by atoms with Crippen LogP contribution in [0.2, 0.25) is 0 Å². The number of carbonyl (C=O) groups is 3. The van der Waals surface area contributed by atoms with Crippen LogP contribution in [0.3, 0.4) is 0 Å². The lowest BCUT2D eigenvalue weighted by molar-refractivity contribution is -0.199. The Hall–Kier alpha value is -1.97. The van der Waals surface area contributed by atoms with Crippen LogP contribution in [-0.2, 0) is 28.6 Å². The van der Waals surface area contributed by atoms with Gasteiger partial charge in [-0.25, -0.2) is 9.59 Å². The fourth-order valence-electron chi connectivity index (χ4n) is 4.56. The molecule has 2 fully saturated rings. The molecule has 2 N–H and O–H groups in total. The topological polar surface area (TPSA) is 123 Å². The fraction of sp³-hybridized carbons (Fsp3) is 0.773. The average molecular weight is 440 g/mol. The third kappa shape index (κ3) is 4.10. The molecule has 0 aromatic heterocycles. The summed E-state index contributed by atoms with van der Waals surface area (Å²) in [5.74, 6) is -3.92. The molecule has 0 aromatic rings. The lowest BCUT2D eigenvalue weighted by atomic mass is 9.84. The average Bonchev–Trinajstić information content (AvgIpc) is 3.27. The second-order valence-corrected chi connectivity index (χ2v) is 9.40. The smallest absolute Gasteiger partial charge is 0.342 e. The Labute approximate surface area is 182 Å². The number of ether oxygens (including phenoxy) is 3. The zero-order valence-electron chi connectivity index (χ0n) is 18.8. The molecule has 0 saturated carbocycles. The van der Waals surface area contributed by atoms with Crippen molar-refractivity contribution in [1.82, 2.24) is 4.90 Å². The van der Waals surface area contributed by atoms with Crippen LogP contribution >= 0.6 is 0 Å². The Kier molecular flexibility index (Phi) is 6.51. The van der Waals surface area contributed by atoms with Crippen molar-refractivity contribution < 1.29 is 38.8 Å². The van der Waals surface area contributed by atoms with Gasteiger partial charge in [-0.3, -0.25) is 9.69 Å². The number of aliphatic hydroxyl groups is 2. The molecule has 3 aliphatic heterocycles. The molecule has 0 radical (unpaired) electrons. The molecule has 3 aliphatic rings. The molecule has 2 saturated heterocycles. The van der Waals surface area contributed by atoms with Crippen LogP contribution in [0.15, 0.2) is 11.6 Å². The van der Waals surface area contributed by atoms with Gasteiger partial charge in [0.1, 0.15) is 18.8 Å². The summed E-state index contributed by atoms with van der Waals surface area (Å²) in [5.41, 5.74) is -3.39. The molecule has 9 nitrogen and oxygen atoms in total. The number of esters is 3. The zero-order valence-corrected chi connectivity index (χ0v) is 18.8. The van der Waals surface area contributed by atoms with Gasteiger partial charge in [-0.15, -0.1) is 0 Å². The summed E-state index contributed by atoms with van der Waals surface area (Å²) in [6.07, 6.45) is 0.0491. The first kappa shape index (κ1) is 23.7. The van der Waals surface area contributed by atoms with Crippen molar-refractivity contribution >= 4 is 17.9 Å². The molecule has 3 rings (SSSR count). The summed E-state index contributed by atoms with van der Waals surface area (Å²) in [6.45, 7) is 9.12. The largest absolute Gasteiger partial charge is 0.459 e. The lowest BCUT2D eigenvalue weighted by Crippen LogP contribution is -2.56. The highest BCUT2D eigenvalue weighted by Crippen LogP contribution is 2.35. The number of hydrogen-bond donors (Lipinski definition) is 2. The normalized spacial score (nSPS) is 37.8. The molecular formula is C22H33NO8. The van der Waals surface area contributed by atoms with Crippen LogP contribution in [0, 0.1) is 11.8 Å². The summed E-state index contributed by atoms with van der Waals surface area (Å²) < 4.78 is 16.4. The molecule has 174 valence electrons. The van der Waals surface area contributed by atoms with Crippen molar-refractivity contribution in [3.63, 3.8) is 0 Å². The molecule has 0 aliphatic carbocycles. The summed E-state index contributed by atoms with van der Waals surface area (Å²) in [7, 11) is 0. The van der Waals surface area contributed by atoms with Gasteiger partial charge in [0.05, 0.1) is 12.5 Å². The molecule has 0 aromatic carbocycles. The highest BCUT2D eigenvalue weighted by molar-refractivity contribution is 5.87. The van der Waals surface area contributed by atoms with Crippen LogP contribution in [0.5, 0.6) is 0 Å². The maximum Gasteiger partial charge on any atom is 0.342 e. The Morgan fingerprint density at radius 1 is 1.06 bits per heavy atom. The Morgan fingerprint density at radius 3 is 2.35 bits per heavy atom. The van der Waals surface area contributed by atoms with E-state index in [0.717, 1.165) is 5.57 Å². The van der Waals surface area contributed by atoms with E-state index in [0.29, 0.717) is 19.5 Å². The van der Waals surface area contributed by atoms with Crippen molar-refractivity contribution in [2.24, 2.45) is 11.8 Å². The predicted octanol–water partition coefficient (Wildman–Crippen LogP) is 0.565. The Bertz CT molecular complexity index is 777. The SMILES string of the molecule is CC(C)[C@@]1(O)CC(=O)O[C@@H](C)[C@](O)(C(C)C)C(=O)OCC2=CCN3CC[C@H](OC1=O)[C@@H]23. The Morgan fingerprint density at radius 2 is 1.74 bits per heavy atom. The maximum absolute atomic E-state index is 13.0. The van der Waals surface area contributed by atoms with Gasteiger partial charge >= 0.3 is 17.9 Å². The van der Waals surface area contributed by atoms with Crippen molar-refractivity contribution in [3.8, 4) is 0 Å². The van der Waals surface area contributed by atoms with Crippen molar-refractivity contribution in [2.45, 2.75) is 76.9 Å². The van der Waals surface area contributed by atoms with E-state index >= 15 is 0 Å². The zero-order chi connectivity index (χ0) is 23.1. The molecule has 31 heavy (non-hydrogen) atoms. The monoisotopic (exact) mass is 439 g/mol. The molecule has 3 heterocycles. The summed E-state index contributed by atoms with van der Waals surface area (Å²) in [5, 5.41) is 22.2. The number of carbonyl (C=O) groups excluding carboxylic acids is 3. The van der Waals surface area contributed by atoms with Gasteiger partial charge in [-0.05, 0) is 30.8 Å². The number of hydrogen-bond acceptors (Lipinski definition) is 9. The molecule has 9 heteroatoms. The molecular weight excluding hydrogens is 406 g/mol. The van der Waals surface area contributed by atoms with Gasteiger partial charge < -0.3 is 24.4 Å². The van der Waals surface area contributed by atoms with Gasteiger partial charge in [-0.2, -0.15) is 0 Å². The van der Waals surface area contributed by atoms with Gasteiger partial charge in [0.25, 0.3) is 0 Å². The van der Waals surface area contributed by atoms with E-state index in [-0.39, 0.29) is 12.6 Å². The molecule has 0 amide bonds. The van der Waals surface area contributed by atoms with Crippen LogP contribution in [-0.4, -0.2) is 82.2 Å². The third-order valence-electron chi connectivity index (χ3n) is 6.90.